The van der Waals surface area contributed by atoms with Crippen molar-refractivity contribution in [2.75, 3.05) is 10.8 Å². The lowest BCUT2D eigenvalue weighted by Crippen LogP contribution is -2.51. The lowest BCUT2D eigenvalue weighted by Gasteiger charge is -2.35. The van der Waals surface area contributed by atoms with Crippen molar-refractivity contribution in [1.82, 2.24) is 5.32 Å². The molecule has 164 valence electrons. The molecule has 0 radical (unpaired) electrons. The van der Waals surface area contributed by atoms with Crippen molar-refractivity contribution in [1.29, 1.82) is 0 Å². The number of fused-ring (bicyclic) bond motifs is 2. The number of benzene rings is 3. The van der Waals surface area contributed by atoms with Crippen molar-refractivity contribution in [3.63, 3.8) is 0 Å². The van der Waals surface area contributed by atoms with E-state index in [0.29, 0.717) is 11.4 Å². The zero-order chi connectivity index (χ0) is 22.1. The minimum atomic E-state index is -3.85. The van der Waals surface area contributed by atoms with Crippen LogP contribution in [0, 0.1) is 0 Å². The van der Waals surface area contributed by atoms with Gasteiger partial charge in [-0.3, -0.25) is 9.10 Å². The Kier molecular flexibility index (Phi) is 5.35. The minimum absolute atomic E-state index is 0.0888. The number of hydrogen-bond acceptors (Lipinski definition) is 4. The predicted octanol–water partition coefficient (Wildman–Crippen LogP) is 3.84. The molecule has 6 nitrogen and oxygen atoms in total. The van der Waals surface area contributed by atoms with Crippen LogP contribution in [0.1, 0.15) is 30.0 Å². The average Bonchev–Trinajstić information content (AvgIpc) is 2.84. The summed E-state index contributed by atoms with van der Waals surface area (Å²) in [7, 11) is -3.85. The Labute approximate surface area is 187 Å². The number of rotatable bonds is 4. The Morgan fingerprint density at radius 1 is 0.938 bits per heavy atom. The monoisotopic (exact) mass is 448 g/mol. The summed E-state index contributed by atoms with van der Waals surface area (Å²) in [5.74, 6) is 0.0666. The maximum absolute atomic E-state index is 13.4. The summed E-state index contributed by atoms with van der Waals surface area (Å²) >= 11 is 0. The molecule has 0 aromatic heterocycles. The van der Waals surface area contributed by atoms with E-state index in [0.717, 1.165) is 24.8 Å². The number of ether oxygens (including phenoxy) is 1. The van der Waals surface area contributed by atoms with Gasteiger partial charge in [-0.2, -0.15) is 0 Å². The van der Waals surface area contributed by atoms with Gasteiger partial charge in [0.15, 0.2) is 6.10 Å². The summed E-state index contributed by atoms with van der Waals surface area (Å²) in [6, 6.07) is 23.2. The third-order valence-corrected chi connectivity index (χ3v) is 7.84. The van der Waals surface area contributed by atoms with Crippen molar-refractivity contribution in [3.8, 4) is 5.75 Å². The number of sulfonamides is 1. The lowest BCUT2D eigenvalue weighted by molar-refractivity contribution is -0.128. The van der Waals surface area contributed by atoms with Crippen LogP contribution in [-0.2, 0) is 21.2 Å². The van der Waals surface area contributed by atoms with E-state index < -0.39 is 16.1 Å². The van der Waals surface area contributed by atoms with Gasteiger partial charge in [-0.15, -0.1) is 0 Å². The number of nitrogens with zero attached hydrogens (tertiary/aromatic N) is 1. The Hall–Kier alpha value is -3.32. The molecule has 2 aliphatic rings. The van der Waals surface area contributed by atoms with Gasteiger partial charge in [-0.1, -0.05) is 54.6 Å². The smallest absolute Gasteiger partial charge is 0.264 e. The Morgan fingerprint density at radius 2 is 1.66 bits per heavy atom. The first-order valence-corrected chi connectivity index (χ1v) is 12.2. The molecule has 0 unspecified atom stereocenters. The summed E-state index contributed by atoms with van der Waals surface area (Å²) < 4.78 is 34.1. The topological polar surface area (TPSA) is 75.7 Å². The second kappa shape index (κ2) is 8.31. The SMILES string of the molecule is O=C(N[C@@H]1CCCc2ccccc21)[C@H]1CN(S(=O)(=O)c2ccccc2)c2ccccc2O1. The van der Waals surface area contributed by atoms with Crippen LogP contribution < -0.4 is 14.4 Å². The van der Waals surface area contributed by atoms with Crippen LogP contribution >= 0.6 is 0 Å². The number of para-hydroxylation sites is 2. The first-order chi connectivity index (χ1) is 15.5. The van der Waals surface area contributed by atoms with Gasteiger partial charge in [-0.05, 0) is 54.7 Å². The van der Waals surface area contributed by atoms with Gasteiger partial charge in [0.25, 0.3) is 15.9 Å². The number of amides is 1. The van der Waals surface area contributed by atoms with Gasteiger partial charge in [0.05, 0.1) is 23.2 Å². The molecule has 1 heterocycles. The summed E-state index contributed by atoms with van der Waals surface area (Å²) in [5, 5.41) is 3.10. The molecule has 5 rings (SSSR count). The fourth-order valence-corrected chi connectivity index (χ4v) is 5.95. The molecule has 1 aliphatic heterocycles. The zero-order valence-corrected chi connectivity index (χ0v) is 18.3. The molecule has 1 N–H and O–H groups in total. The number of anilines is 1. The maximum atomic E-state index is 13.4. The van der Waals surface area contributed by atoms with Crippen LogP contribution in [0.15, 0.2) is 83.8 Å². The van der Waals surface area contributed by atoms with Gasteiger partial charge in [0, 0.05) is 0 Å². The number of aryl methyl sites for hydroxylation is 1. The van der Waals surface area contributed by atoms with E-state index in [1.165, 1.54) is 9.87 Å². The standard InChI is InChI=1S/C25H24N2O4S/c28-25(26-21-14-8-10-18-9-4-5-13-20(18)21)24-17-27(22-15-6-7-16-23(22)31-24)32(29,30)19-11-2-1-3-12-19/h1-7,9,11-13,15-16,21,24H,8,10,14,17H2,(H,26,28)/t21-,24-/m1/s1. The molecule has 7 heteroatoms. The summed E-state index contributed by atoms with van der Waals surface area (Å²) in [6.07, 6.45) is 1.89. The van der Waals surface area contributed by atoms with E-state index >= 15 is 0 Å². The van der Waals surface area contributed by atoms with Gasteiger partial charge in [0.1, 0.15) is 5.75 Å². The van der Waals surface area contributed by atoms with Crippen molar-refractivity contribution >= 4 is 21.6 Å². The van der Waals surface area contributed by atoms with E-state index in [2.05, 4.69) is 11.4 Å². The van der Waals surface area contributed by atoms with E-state index in [-0.39, 0.29) is 23.4 Å². The molecule has 0 fully saturated rings. The Morgan fingerprint density at radius 3 is 2.50 bits per heavy atom. The highest BCUT2D eigenvalue weighted by Crippen LogP contribution is 2.37. The molecule has 3 aromatic carbocycles. The quantitative estimate of drug-likeness (QED) is 0.658. The van der Waals surface area contributed by atoms with E-state index in [9.17, 15) is 13.2 Å². The number of carbonyl (C=O) groups is 1. The highest BCUT2D eigenvalue weighted by atomic mass is 32.2. The second-order valence-electron chi connectivity index (χ2n) is 8.08. The summed E-state index contributed by atoms with van der Waals surface area (Å²) in [6.45, 7) is -0.0888. The number of hydrogen-bond donors (Lipinski definition) is 1. The first kappa shape index (κ1) is 20.6. The molecule has 3 aromatic rings. The Bertz CT molecular complexity index is 1240. The number of carbonyl (C=O) groups excluding carboxylic acids is 1. The third kappa shape index (κ3) is 3.73. The predicted molar refractivity (Wildman–Crippen MR) is 122 cm³/mol. The molecular formula is C25H24N2O4S. The van der Waals surface area contributed by atoms with Gasteiger partial charge >= 0.3 is 0 Å². The molecule has 1 amide bonds. The fraction of sp³-hybridized carbons (Fsp3) is 0.240. The summed E-state index contributed by atoms with van der Waals surface area (Å²) in [4.78, 5) is 13.4. The van der Waals surface area contributed by atoms with E-state index in [1.54, 1.807) is 54.6 Å². The molecule has 0 saturated carbocycles. The van der Waals surface area contributed by atoms with Crippen molar-refractivity contribution < 1.29 is 17.9 Å². The third-order valence-electron chi connectivity index (χ3n) is 6.04. The summed E-state index contributed by atoms with van der Waals surface area (Å²) in [5.41, 5.74) is 2.80. The van der Waals surface area contributed by atoms with Gasteiger partial charge < -0.3 is 10.1 Å². The number of nitrogens with one attached hydrogen (secondary N) is 1. The van der Waals surface area contributed by atoms with Crippen molar-refractivity contribution in [2.45, 2.75) is 36.3 Å². The van der Waals surface area contributed by atoms with Crippen LogP contribution in [0.25, 0.3) is 0 Å². The minimum Gasteiger partial charge on any atom is -0.476 e. The van der Waals surface area contributed by atoms with Gasteiger partial charge in [-0.25, -0.2) is 8.42 Å². The molecule has 1 aliphatic carbocycles. The second-order valence-corrected chi connectivity index (χ2v) is 9.94. The maximum Gasteiger partial charge on any atom is 0.264 e. The Balaban J connectivity index is 1.44. The molecule has 32 heavy (non-hydrogen) atoms. The van der Waals surface area contributed by atoms with Crippen LogP contribution in [0.4, 0.5) is 5.69 Å². The average molecular weight is 449 g/mol. The molecule has 2 atom stereocenters. The zero-order valence-electron chi connectivity index (χ0n) is 17.5. The van der Waals surface area contributed by atoms with E-state index in [4.69, 9.17) is 4.74 Å². The largest absolute Gasteiger partial charge is 0.476 e. The highest BCUT2D eigenvalue weighted by Gasteiger charge is 2.38. The normalized spacial score (nSPS) is 19.9. The molecule has 0 saturated heterocycles. The van der Waals surface area contributed by atoms with Crippen molar-refractivity contribution in [3.05, 3.63) is 90.0 Å². The molecule has 0 spiro atoms. The van der Waals surface area contributed by atoms with Crippen molar-refractivity contribution in [2.24, 2.45) is 0 Å². The first-order valence-electron chi connectivity index (χ1n) is 10.8. The van der Waals surface area contributed by atoms with Crippen LogP contribution in [0.3, 0.4) is 0 Å². The molecule has 0 bridgehead atoms. The van der Waals surface area contributed by atoms with Crippen LogP contribution in [0.2, 0.25) is 0 Å². The lowest BCUT2D eigenvalue weighted by atomic mass is 9.87. The molecular weight excluding hydrogens is 424 g/mol. The van der Waals surface area contributed by atoms with Gasteiger partial charge in [0.2, 0.25) is 0 Å². The van der Waals surface area contributed by atoms with Crippen LogP contribution in [0.5, 0.6) is 5.75 Å². The van der Waals surface area contributed by atoms with Crippen LogP contribution in [-0.4, -0.2) is 27.0 Å². The van der Waals surface area contributed by atoms with E-state index in [1.807, 2.05) is 18.2 Å². The fourth-order valence-electron chi connectivity index (χ4n) is 4.45. The highest BCUT2D eigenvalue weighted by molar-refractivity contribution is 7.92.